The van der Waals surface area contributed by atoms with E-state index in [0.717, 1.165) is 25.7 Å². The summed E-state index contributed by atoms with van der Waals surface area (Å²) in [5, 5.41) is 18.5. The number of aliphatic hydroxyl groups excluding tert-OH is 2. The van der Waals surface area contributed by atoms with Crippen LogP contribution in [-0.2, 0) is 0 Å². The second-order valence-corrected chi connectivity index (χ2v) is 5.27. The van der Waals surface area contributed by atoms with Crippen LogP contribution in [0, 0.1) is 5.92 Å². The molecule has 1 saturated carbocycles. The van der Waals surface area contributed by atoms with Crippen LogP contribution in [-0.4, -0.2) is 22.9 Å². The highest BCUT2D eigenvalue weighted by molar-refractivity contribution is 5.04. The summed E-state index contributed by atoms with van der Waals surface area (Å²) in [5.74, 6) is 0.595. The lowest BCUT2D eigenvalue weighted by atomic mass is 10.0. The number of hydrogen-bond acceptors (Lipinski definition) is 2. The van der Waals surface area contributed by atoms with Crippen molar-refractivity contribution in [1.82, 2.24) is 0 Å². The topological polar surface area (TPSA) is 40.5 Å². The highest BCUT2D eigenvalue weighted by Gasteiger charge is 2.28. The van der Waals surface area contributed by atoms with Crippen molar-refractivity contribution in [2.75, 3.05) is 6.61 Å². The van der Waals surface area contributed by atoms with E-state index in [2.05, 4.69) is 19.9 Å². The zero-order valence-electron chi connectivity index (χ0n) is 11.2. The molecule has 1 atom stereocenters. The van der Waals surface area contributed by atoms with E-state index >= 15 is 0 Å². The van der Waals surface area contributed by atoms with Gasteiger partial charge in [-0.15, -0.1) is 0 Å². The number of allylic oxidation sites excluding steroid dienone is 3. The molecular weight excluding hydrogens is 212 g/mol. The van der Waals surface area contributed by atoms with Gasteiger partial charge in [-0.05, 0) is 58.3 Å². The van der Waals surface area contributed by atoms with Gasteiger partial charge in [-0.1, -0.05) is 23.3 Å². The summed E-state index contributed by atoms with van der Waals surface area (Å²) in [6.45, 7) is 4.34. The smallest absolute Gasteiger partial charge is 0.0614 e. The van der Waals surface area contributed by atoms with Gasteiger partial charge in [0.15, 0.2) is 0 Å². The second kappa shape index (κ2) is 7.67. The van der Waals surface area contributed by atoms with Crippen LogP contribution in [0.15, 0.2) is 23.3 Å². The Morgan fingerprint density at radius 3 is 2.41 bits per heavy atom. The fourth-order valence-corrected chi connectivity index (χ4v) is 2.00. The van der Waals surface area contributed by atoms with Gasteiger partial charge in [-0.3, -0.25) is 0 Å². The molecule has 0 heterocycles. The van der Waals surface area contributed by atoms with E-state index in [1.165, 1.54) is 24.0 Å². The third kappa shape index (κ3) is 6.64. The number of rotatable bonds is 8. The van der Waals surface area contributed by atoms with E-state index in [-0.39, 0.29) is 12.7 Å². The molecule has 2 N–H and O–H groups in total. The van der Waals surface area contributed by atoms with Crippen LogP contribution in [0.5, 0.6) is 0 Å². The van der Waals surface area contributed by atoms with Crippen molar-refractivity contribution < 1.29 is 10.2 Å². The summed E-state index contributed by atoms with van der Waals surface area (Å²) in [4.78, 5) is 0. The molecule has 2 nitrogen and oxygen atoms in total. The van der Waals surface area contributed by atoms with E-state index in [4.69, 9.17) is 5.11 Å². The molecule has 0 saturated heterocycles. The second-order valence-electron chi connectivity index (χ2n) is 5.27. The van der Waals surface area contributed by atoms with Gasteiger partial charge in [0.05, 0.1) is 12.7 Å². The SMILES string of the molecule is C/C(=C\CO)CC/C=C(\C)CCC(O)C1CC1. The quantitative estimate of drug-likeness (QED) is 0.637. The van der Waals surface area contributed by atoms with E-state index in [1.807, 2.05) is 6.08 Å². The van der Waals surface area contributed by atoms with Gasteiger partial charge in [0.25, 0.3) is 0 Å². The molecule has 0 aromatic carbocycles. The van der Waals surface area contributed by atoms with Gasteiger partial charge >= 0.3 is 0 Å². The maximum absolute atomic E-state index is 9.76. The van der Waals surface area contributed by atoms with Crippen LogP contribution < -0.4 is 0 Å². The molecule has 1 unspecified atom stereocenters. The van der Waals surface area contributed by atoms with Gasteiger partial charge in [-0.25, -0.2) is 0 Å². The first-order valence-corrected chi connectivity index (χ1v) is 6.73. The lowest BCUT2D eigenvalue weighted by molar-refractivity contribution is 0.142. The van der Waals surface area contributed by atoms with Crippen LogP contribution in [0.2, 0.25) is 0 Å². The van der Waals surface area contributed by atoms with Crippen molar-refractivity contribution >= 4 is 0 Å². The van der Waals surface area contributed by atoms with Crippen molar-refractivity contribution in [3.05, 3.63) is 23.3 Å². The third-order valence-corrected chi connectivity index (χ3v) is 3.47. The molecular formula is C15H26O2. The maximum Gasteiger partial charge on any atom is 0.0614 e. The van der Waals surface area contributed by atoms with Crippen molar-refractivity contribution in [1.29, 1.82) is 0 Å². The summed E-state index contributed by atoms with van der Waals surface area (Å²) in [6, 6.07) is 0. The molecule has 0 amide bonds. The molecule has 1 aliphatic carbocycles. The molecule has 0 spiro atoms. The Balaban J connectivity index is 2.13. The van der Waals surface area contributed by atoms with Crippen LogP contribution in [0.4, 0.5) is 0 Å². The molecule has 0 radical (unpaired) electrons. The van der Waals surface area contributed by atoms with E-state index in [1.54, 1.807) is 0 Å². The normalized spacial score (nSPS) is 19.5. The predicted octanol–water partition coefficient (Wildman–Crippen LogP) is 3.20. The standard InChI is InChI=1S/C15H26O2/c1-12(4-3-5-13(2)10-11-16)6-9-15(17)14-7-8-14/h4,10,14-17H,3,5-9,11H2,1-2H3/b12-4+,13-10+. The maximum atomic E-state index is 9.76. The fraction of sp³-hybridized carbons (Fsp3) is 0.733. The molecule has 98 valence electrons. The summed E-state index contributed by atoms with van der Waals surface area (Å²) in [7, 11) is 0. The first-order chi connectivity index (χ1) is 8.13. The Kier molecular flexibility index (Phi) is 6.53. The third-order valence-electron chi connectivity index (χ3n) is 3.47. The minimum Gasteiger partial charge on any atom is -0.393 e. The average Bonchev–Trinajstić information content (AvgIpc) is 3.10. The van der Waals surface area contributed by atoms with Crippen LogP contribution in [0.1, 0.15) is 52.4 Å². The van der Waals surface area contributed by atoms with Crippen molar-refractivity contribution in [2.24, 2.45) is 5.92 Å². The zero-order chi connectivity index (χ0) is 12.7. The first kappa shape index (κ1) is 14.5. The minimum atomic E-state index is -0.0747. The molecule has 0 aliphatic heterocycles. The van der Waals surface area contributed by atoms with Crippen LogP contribution >= 0.6 is 0 Å². The first-order valence-electron chi connectivity index (χ1n) is 6.73. The Bertz CT molecular complexity index is 275. The Morgan fingerprint density at radius 1 is 1.18 bits per heavy atom. The Morgan fingerprint density at radius 2 is 1.82 bits per heavy atom. The van der Waals surface area contributed by atoms with E-state index < -0.39 is 0 Å². The van der Waals surface area contributed by atoms with Crippen LogP contribution in [0.25, 0.3) is 0 Å². The lowest BCUT2D eigenvalue weighted by Gasteiger charge is -2.08. The van der Waals surface area contributed by atoms with Gasteiger partial charge in [-0.2, -0.15) is 0 Å². The van der Waals surface area contributed by atoms with E-state index in [9.17, 15) is 5.11 Å². The number of aliphatic hydroxyl groups is 2. The largest absolute Gasteiger partial charge is 0.393 e. The molecule has 1 rings (SSSR count). The Labute approximate surface area is 105 Å². The van der Waals surface area contributed by atoms with Gasteiger partial charge in [0.1, 0.15) is 0 Å². The monoisotopic (exact) mass is 238 g/mol. The number of hydrogen-bond donors (Lipinski definition) is 2. The van der Waals surface area contributed by atoms with Gasteiger partial charge in [0.2, 0.25) is 0 Å². The minimum absolute atomic E-state index is 0.0747. The summed E-state index contributed by atoms with van der Waals surface area (Å²) in [6.07, 6.45) is 10.5. The van der Waals surface area contributed by atoms with E-state index in [0.29, 0.717) is 5.92 Å². The lowest BCUT2D eigenvalue weighted by Crippen LogP contribution is -2.08. The zero-order valence-corrected chi connectivity index (χ0v) is 11.2. The molecule has 17 heavy (non-hydrogen) atoms. The molecule has 0 bridgehead atoms. The molecule has 1 fully saturated rings. The van der Waals surface area contributed by atoms with Crippen LogP contribution in [0.3, 0.4) is 0 Å². The molecule has 0 aromatic rings. The summed E-state index contributed by atoms with van der Waals surface area (Å²) in [5.41, 5.74) is 2.62. The Hall–Kier alpha value is -0.600. The predicted molar refractivity (Wildman–Crippen MR) is 71.8 cm³/mol. The van der Waals surface area contributed by atoms with Gasteiger partial charge in [0, 0.05) is 0 Å². The molecule has 1 aliphatic rings. The summed E-state index contributed by atoms with van der Waals surface area (Å²) >= 11 is 0. The highest BCUT2D eigenvalue weighted by atomic mass is 16.3. The van der Waals surface area contributed by atoms with Crippen molar-refractivity contribution in [2.45, 2.75) is 58.5 Å². The van der Waals surface area contributed by atoms with Crippen molar-refractivity contribution in [3.8, 4) is 0 Å². The molecule has 0 aromatic heterocycles. The fourth-order valence-electron chi connectivity index (χ4n) is 2.00. The highest BCUT2D eigenvalue weighted by Crippen LogP contribution is 2.34. The summed E-state index contributed by atoms with van der Waals surface area (Å²) < 4.78 is 0. The van der Waals surface area contributed by atoms with Gasteiger partial charge < -0.3 is 10.2 Å². The average molecular weight is 238 g/mol. The molecule has 2 heteroatoms. The van der Waals surface area contributed by atoms with Crippen molar-refractivity contribution in [3.63, 3.8) is 0 Å².